The van der Waals surface area contributed by atoms with Crippen LogP contribution in [0.4, 0.5) is 0 Å². The molecule has 4 nitrogen and oxygen atoms in total. The van der Waals surface area contributed by atoms with E-state index in [1.54, 1.807) is 23.1 Å². The Labute approximate surface area is 114 Å². The van der Waals surface area contributed by atoms with Gasteiger partial charge < -0.3 is 9.67 Å². The molecule has 3 heterocycles. The summed E-state index contributed by atoms with van der Waals surface area (Å²) in [6, 6.07) is 4.01. The zero-order valence-corrected chi connectivity index (χ0v) is 11.6. The molecular formula is C12H15N3OS2. The standard InChI is InChI=1S/C12H15N3OS2/c16-8-9-5-6-11(17-9)18-12-14-13-10-4-2-1-3-7-15(10)12/h5-6,16H,1-4,7-8H2. The summed E-state index contributed by atoms with van der Waals surface area (Å²) in [4.78, 5) is 0.994. The SMILES string of the molecule is OCc1ccc(Sc2nnc3n2CCCCC3)s1. The first-order valence-corrected chi connectivity index (χ1v) is 7.79. The van der Waals surface area contributed by atoms with Crippen molar-refractivity contribution in [3.05, 3.63) is 22.8 Å². The van der Waals surface area contributed by atoms with Gasteiger partial charge in [-0.15, -0.1) is 21.5 Å². The Morgan fingerprint density at radius 2 is 2.22 bits per heavy atom. The van der Waals surface area contributed by atoms with Gasteiger partial charge in [-0.25, -0.2) is 0 Å². The first kappa shape index (κ1) is 12.2. The monoisotopic (exact) mass is 281 g/mol. The van der Waals surface area contributed by atoms with Gasteiger partial charge in [-0.1, -0.05) is 6.42 Å². The number of rotatable bonds is 3. The highest BCUT2D eigenvalue weighted by molar-refractivity contribution is 8.01. The molecule has 0 saturated heterocycles. The van der Waals surface area contributed by atoms with Gasteiger partial charge in [-0.05, 0) is 36.7 Å². The van der Waals surface area contributed by atoms with E-state index in [0.717, 1.165) is 28.8 Å². The Balaban J connectivity index is 1.82. The minimum absolute atomic E-state index is 0.114. The number of nitrogens with zero attached hydrogens (tertiary/aromatic N) is 3. The average molecular weight is 281 g/mol. The zero-order chi connectivity index (χ0) is 12.4. The van der Waals surface area contributed by atoms with Crippen LogP contribution in [0.2, 0.25) is 0 Å². The largest absolute Gasteiger partial charge is 0.391 e. The lowest BCUT2D eigenvalue weighted by Gasteiger charge is -2.04. The lowest BCUT2D eigenvalue weighted by Crippen LogP contribution is -2.01. The Morgan fingerprint density at radius 1 is 1.28 bits per heavy atom. The minimum atomic E-state index is 0.114. The Hall–Kier alpha value is -0.850. The maximum absolute atomic E-state index is 9.07. The van der Waals surface area contributed by atoms with Crippen LogP contribution >= 0.6 is 23.1 Å². The molecule has 0 atom stereocenters. The summed E-state index contributed by atoms with van der Waals surface area (Å²) >= 11 is 3.27. The van der Waals surface area contributed by atoms with Crippen LogP contribution in [0.3, 0.4) is 0 Å². The molecule has 0 amide bonds. The van der Waals surface area contributed by atoms with E-state index in [1.165, 1.54) is 23.5 Å². The third-order valence-electron chi connectivity index (χ3n) is 3.06. The Bertz CT molecular complexity index is 535. The van der Waals surface area contributed by atoms with E-state index < -0.39 is 0 Å². The number of hydrogen-bond donors (Lipinski definition) is 1. The van der Waals surface area contributed by atoms with E-state index in [4.69, 9.17) is 5.11 Å². The van der Waals surface area contributed by atoms with Crippen molar-refractivity contribution in [2.45, 2.75) is 48.2 Å². The number of aliphatic hydroxyl groups is 1. The second-order valence-corrected chi connectivity index (χ2v) is 6.78. The van der Waals surface area contributed by atoms with Gasteiger partial charge in [0.2, 0.25) is 0 Å². The van der Waals surface area contributed by atoms with Crippen LogP contribution in [0.5, 0.6) is 0 Å². The van der Waals surface area contributed by atoms with Gasteiger partial charge in [0.15, 0.2) is 5.16 Å². The summed E-state index contributed by atoms with van der Waals surface area (Å²) in [6.07, 6.45) is 4.75. The molecule has 2 aromatic rings. The fraction of sp³-hybridized carbons (Fsp3) is 0.500. The van der Waals surface area contributed by atoms with E-state index in [9.17, 15) is 0 Å². The molecule has 3 rings (SSSR count). The Morgan fingerprint density at radius 3 is 3.06 bits per heavy atom. The third-order valence-corrected chi connectivity index (χ3v) is 5.25. The molecule has 0 aromatic carbocycles. The predicted molar refractivity (Wildman–Crippen MR) is 71.9 cm³/mol. The van der Waals surface area contributed by atoms with Gasteiger partial charge in [-0.2, -0.15) is 0 Å². The quantitative estimate of drug-likeness (QED) is 0.940. The first-order chi connectivity index (χ1) is 8.86. The number of aryl methyl sites for hydroxylation is 1. The van der Waals surface area contributed by atoms with E-state index in [-0.39, 0.29) is 6.61 Å². The number of thiophene rings is 1. The highest BCUT2D eigenvalue weighted by Crippen LogP contribution is 2.33. The number of aromatic nitrogens is 3. The van der Waals surface area contributed by atoms with Gasteiger partial charge in [0.05, 0.1) is 10.8 Å². The lowest BCUT2D eigenvalue weighted by atomic mass is 10.2. The Kier molecular flexibility index (Phi) is 3.67. The molecule has 1 N–H and O–H groups in total. The van der Waals surface area contributed by atoms with E-state index in [0.29, 0.717) is 0 Å². The molecule has 0 aliphatic carbocycles. The van der Waals surface area contributed by atoms with Crippen LogP contribution in [0, 0.1) is 0 Å². The van der Waals surface area contributed by atoms with Gasteiger partial charge in [0.25, 0.3) is 0 Å². The molecule has 0 unspecified atom stereocenters. The van der Waals surface area contributed by atoms with E-state index in [2.05, 4.69) is 14.8 Å². The molecule has 1 aliphatic rings. The summed E-state index contributed by atoms with van der Waals surface area (Å²) in [5.74, 6) is 1.12. The number of aliphatic hydroxyl groups excluding tert-OH is 1. The molecule has 6 heteroatoms. The summed E-state index contributed by atoms with van der Waals surface area (Å²) in [7, 11) is 0. The highest BCUT2D eigenvalue weighted by Gasteiger charge is 2.16. The lowest BCUT2D eigenvalue weighted by molar-refractivity contribution is 0.285. The maximum atomic E-state index is 9.07. The minimum Gasteiger partial charge on any atom is -0.391 e. The third kappa shape index (κ3) is 2.46. The van der Waals surface area contributed by atoms with Crippen molar-refractivity contribution in [3.63, 3.8) is 0 Å². The van der Waals surface area contributed by atoms with Gasteiger partial charge in [-0.3, -0.25) is 0 Å². The summed E-state index contributed by atoms with van der Waals surface area (Å²) in [6.45, 7) is 1.14. The molecule has 96 valence electrons. The highest BCUT2D eigenvalue weighted by atomic mass is 32.2. The van der Waals surface area contributed by atoms with Crippen molar-refractivity contribution in [1.29, 1.82) is 0 Å². The van der Waals surface area contributed by atoms with Crippen LogP contribution in [-0.4, -0.2) is 19.9 Å². The van der Waals surface area contributed by atoms with Gasteiger partial charge in [0, 0.05) is 17.8 Å². The smallest absolute Gasteiger partial charge is 0.196 e. The van der Waals surface area contributed by atoms with E-state index in [1.807, 2.05) is 12.1 Å². The number of hydrogen-bond acceptors (Lipinski definition) is 5. The predicted octanol–water partition coefficient (Wildman–Crippen LogP) is 2.71. The average Bonchev–Trinajstić information content (AvgIpc) is 2.91. The van der Waals surface area contributed by atoms with Crippen molar-refractivity contribution in [2.75, 3.05) is 0 Å². The fourth-order valence-electron chi connectivity index (χ4n) is 2.12. The van der Waals surface area contributed by atoms with Crippen molar-refractivity contribution < 1.29 is 5.11 Å². The molecule has 0 saturated carbocycles. The van der Waals surface area contributed by atoms with Crippen molar-refractivity contribution in [2.24, 2.45) is 0 Å². The molecule has 2 aromatic heterocycles. The molecule has 0 spiro atoms. The molecule has 18 heavy (non-hydrogen) atoms. The summed E-state index contributed by atoms with van der Waals surface area (Å²) in [5, 5.41) is 18.6. The molecule has 0 fully saturated rings. The number of fused-ring (bicyclic) bond motifs is 1. The second-order valence-electron chi connectivity index (χ2n) is 4.34. The first-order valence-electron chi connectivity index (χ1n) is 6.16. The van der Waals surface area contributed by atoms with Crippen LogP contribution in [0.15, 0.2) is 21.5 Å². The molecule has 0 radical (unpaired) electrons. The topological polar surface area (TPSA) is 50.9 Å². The normalized spacial score (nSPS) is 15.4. The molecule has 0 bridgehead atoms. The van der Waals surface area contributed by atoms with Crippen LogP contribution in [0.1, 0.15) is 30.0 Å². The fourth-order valence-corrected chi connectivity index (χ4v) is 4.13. The van der Waals surface area contributed by atoms with Crippen molar-refractivity contribution in [1.82, 2.24) is 14.8 Å². The summed E-state index contributed by atoms with van der Waals surface area (Å²) < 4.78 is 3.41. The molecule has 1 aliphatic heterocycles. The van der Waals surface area contributed by atoms with Crippen LogP contribution < -0.4 is 0 Å². The van der Waals surface area contributed by atoms with Crippen LogP contribution in [0.25, 0.3) is 0 Å². The van der Waals surface area contributed by atoms with Crippen molar-refractivity contribution in [3.8, 4) is 0 Å². The van der Waals surface area contributed by atoms with Gasteiger partial charge >= 0.3 is 0 Å². The summed E-state index contributed by atoms with van der Waals surface area (Å²) in [5.41, 5.74) is 0. The molecular weight excluding hydrogens is 266 g/mol. The zero-order valence-electron chi connectivity index (χ0n) is 10.0. The second kappa shape index (κ2) is 5.42. The maximum Gasteiger partial charge on any atom is 0.196 e. The van der Waals surface area contributed by atoms with Gasteiger partial charge in [0.1, 0.15) is 5.82 Å². The van der Waals surface area contributed by atoms with E-state index >= 15 is 0 Å². The van der Waals surface area contributed by atoms with Crippen LogP contribution in [-0.2, 0) is 19.6 Å². The van der Waals surface area contributed by atoms with Crippen molar-refractivity contribution >= 4 is 23.1 Å².